The average Bonchev–Trinajstić information content (AvgIpc) is 2.91. The normalized spacial score (nSPS) is 29.1. The van der Waals surface area contributed by atoms with Gasteiger partial charge in [0.2, 0.25) is 5.91 Å². The van der Waals surface area contributed by atoms with Crippen LogP contribution in [0.4, 0.5) is 4.79 Å². The van der Waals surface area contributed by atoms with E-state index in [1.165, 1.54) is 0 Å². The van der Waals surface area contributed by atoms with Gasteiger partial charge < -0.3 is 19.7 Å². The van der Waals surface area contributed by atoms with Crippen molar-refractivity contribution in [2.75, 3.05) is 32.8 Å². The van der Waals surface area contributed by atoms with E-state index in [2.05, 4.69) is 19.2 Å². The number of imide groups is 1. The van der Waals surface area contributed by atoms with Gasteiger partial charge in [0.25, 0.3) is 5.91 Å². The van der Waals surface area contributed by atoms with Crippen molar-refractivity contribution in [1.29, 1.82) is 0 Å². The van der Waals surface area contributed by atoms with Crippen LogP contribution in [0.25, 0.3) is 0 Å². The molecule has 3 aliphatic rings. The number of hydrogen-bond acceptors (Lipinski definition) is 5. The number of nitrogens with one attached hydrogen (secondary N) is 1. The molecule has 0 unspecified atom stereocenters. The topological polar surface area (TPSA) is 88.2 Å². The number of benzene rings is 1. The van der Waals surface area contributed by atoms with E-state index in [9.17, 15) is 14.4 Å². The number of piperidine rings is 1. The summed E-state index contributed by atoms with van der Waals surface area (Å²) in [6.07, 6.45) is 1.08. The van der Waals surface area contributed by atoms with E-state index >= 15 is 0 Å². The van der Waals surface area contributed by atoms with Crippen LogP contribution in [0.5, 0.6) is 11.5 Å². The van der Waals surface area contributed by atoms with Gasteiger partial charge in [0.15, 0.2) is 11.5 Å². The number of carbonyl (C=O) groups excluding carboxylic acids is 3. The number of nitrogens with zero attached hydrogens (tertiary/aromatic N) is 2. The monoisotopic (exact) mass is 401 g/mol. The number of fused-ring (bicyclic) bond motifs is 1. The third-order valence-electron chi connectivity index (χ3n) is 5.91. The maximum atomic E-state index is 13.2. The van der Waals surface area contributed by atoms with Crippen molar-refractivity contribution in [1.82, 2.24) is 15.1 Å². The lowest BCUT2D eigenvalue weighted by Crippen LogP contribution is -2.48. The molecule has 0 radical (unpaired) electrons. The molecular formula is C21H27N3O5. The lowest BCUT2D eigenvalue weighted by molar-refractivity contribution is -0.140. The molecule has 3 atom stereocenters. The summed E-state index contributed by atoms with van der Waals surface area (Å²) in [6.45, 7) is 7.85. The van der Waals surface area contributed by atoms with E-state index in [0.717, 1.165) is 11.3 Å². The number of urea groups is 1. The van der Waals surface area contributed by atoms with Crippen molar-refractivity contribution in [3.63, 3.8) is 0 Å². The van der Waals surface area contributed by atoms with Crippen LogP contribution in [-0.2, 0) is 15.1 Å². The van der Waals surface area contributed by atoms with E-state index in [4.69, 9.17) is 9.47 Å². The van der Waals surface area contributed by atoms with Gasteiger partial charge in [0.05, 0.1) is 0 Å². The Morgan fingerprint density at radius 3 is 2.48 bits per heavy atom. The van der Waals surface area contributed by atoms with E-state index < -0.39 is 17.5 Å². The molecule has 1 N–H and O–H groups in total. The molecule has 4 rings (SSSR count). The molecule has 3 heterocycles. The Balaban J connectivity index is 1.52. The Morgan fingerprint density at radius 2 is 1.79 bits per heavy atom. The second-order valence-electron chi connectivity index (χ2n) is 8.55. The minimum Gasteiger partial charge on any atom is -0.486 e. The van der Waals surface area contributed by atoms with Gasteiger partial charge in [-0.2, -0.15) is 0 Å². The molecule has 2 saturated heterocycles. The van der Waals surface area contributed by atoms with Crippen LogP contribution in [0.2, 0.25) is 0 Å². The molecule has 29 heavy (non-hydrogen) atoms. The van der Waals surface area contributed by atoms with Gasteiger partial charge in [0, 0.05) is 13.1 Å². The minimum absolute atomic E-state index is 0.196. The van der Waals surface area contributed by atoms with Crippen molar-refractivity contribution in [3.05, 3.63) is 23.8 Å². The Kier molecular flexibility index (Phi) is 4.88. The van der Waals surface area contributed by atoms with Gasteiger partial charge >= 0.3 is 6.03 Å². The van der Waals surface area contributed by atoms with Crippen LogP contribution in [0.15, 0.2) is 18.2 Å². The second-order valence-corrected chi connectivity index (χ2v) is 8.55. The van der Waals surface area contributed by atoms with E-state index in [-0.39, 0.29) is 12.5 Å². The summed E-state index contributed by atoms with van der Waals surface area (Å²) in [4.78, 5) is 41.3. The molecule has 3 aliphatic heterocycles. The molecule has 0 saturated carbocycles. The largest absolute Gasteiger partial charge is 0.486 e. The third kappa shape index (κ3) is 3.52. The zero-order valence-electron chi connectivity index (χ0n) is 17.1. The Morgan fingerprint density at radius 1 is 1.14 bits per heavy atom. The number of hydrogen-bond donors (Lipinski definition) is 1. The zero-order chi connectivity index (χ0) is 20.8. The number of rotatable bonds is 3. The van der Waals surface area contributed by atoms with Gasteiger partial charge in [-0.1, -0.05) is 19.9 Å². The lowest BCUT2D eigenvalue weighted by Gasteiger charge is -2.35. The fourth-order valence-electron chi connectivity index (χ4n) is 4.49. The van der Waals surface area contributed by atoms with E-state index in [1.807, 2.05) is 0 Å². The molecule has 1 aromatic rings. The van der Waals surface area contributed by atoms with Crippen LogP contribution >= 0.6 is 0 Å². The standard InChI is InChI=1S/C21H27N3O5/c1-13-8-14(2)11-23(10-13)18(25)12-24-19(26)21(3,22-20(24)27)15-4-5-16-17(9-15)29-7-6-28-16/h4-5,9,13-14H,6-8,10-12H2,1-3H3,(H,22,27)/t13-,14+,21-/m1/s1. The summed E-state index contributed by atoms with van der Waals surface area (Å²) < 4.78 is 11.1. The van der Waals surface area contributed by atoms with Crippen LogP contribution in [0, 0.1) is 11.8 Å². The molecule has 8 heteroatoms. The first kappa shape index (κ1) is 19.5. The number of ether oxygens (including phenoxy) is 2. The fourth-order valence-corrected chi connectivity index (χ4v) is 4.49. The smallest absolute Gasteiger partial charge is 0.325 e. The van der Waals surface area contributed by atoms with Crippen molar-refractivity contribution >= 4 is 17.8 Å². The maximum Gasteiger partial charge on any atom is 0.325 e. The predicted octanol–water partition coefficient (Wildman–Crippen LogP) is 1.73. The molecule has 8 nitrogen and oxygen atoms in total. The van der Waals surface area contributed by atoms with Gasteiger partial charge in [0.1, 0.15) is 25.3 Å². The molecule has 0 spiro atoms. The fraction of sp³-hybridized carbons (Fsp3) is 0.571. The van der Waals surface area contributed by atoms with Crippen molar-refractivity contribution in [2.45, 2.75) is 32.7 Å². The first-order chi connectivity index (χ1) is 13.8. The highest BCUT2D eigenvalue weighted by Crippen LogP contribution is 2.37. The molecule has 0 aromatic heterocycles. The summed E-state index contributed by atoms with van der Waals surface area (Å²) in [5.41, 5.74) is -0.661. The van der Waals surface area contributed by atoms with Crippen LogP contribution < -0.4 is 14.8 Å². The van der Waals surface area contributed by atoms with E-state index in [1.54, 1.807) is 30.0 Å². The van der Waals surface area contributed by atoms with Crippen molar-refractivity contribution in [2.24, 2.45) is 11.8 Å². The summed E-state index contributed by atoms with van der Waals surface area (Å²) in [7, 11) is 0. The quantitative estimate of drug-likeness (QED) is 0.780. The minimum atomic E-state index is -1.25. The molecule has 2 fully saturated rings. The number of amides is 4. The molecule has 0 bridgehead atoms. The molecule has 4 amide bonds. The highest BCUT2D eigenvalue weighted by molar-refractivity contribution is 6.09. The zero-order valence-corrected chi connectivity index (χ0v) is 17.1. The van der Waals surface area contributed by atoms with Crippen LogP contribution in [-0.4, -0.2) is 60.5 Å². The first-order valence-corrected chi connectivity index (χ1v) is 10.1. The highest BCUT2D eigenvalue weighted by atomic mass is 16.6. The summed E-state index contributed by atoms with van der Waals surface area (Å²) in [6, 6.07) is 4.63. The second kappa shape index (κ2) is 7.24. The predicted molar refractivity (Wildman–Crippen MR) is 105 cm³/mol. The van der Waals surface area contributed by atoms with E-state index in [0.29, 0.717) is 55.2 Å². The van der Waals surface area contributed by atoms with Gasteiger partial charge in [-0.05, 0) is 42.9 Å². The maximum absolute atomic E-state index is 13.2. The van der Waals surface area contributed by atoms with Gasteiger partial charge in [-0.25, -0.2) is 4.79 Å². The van der Waals surface area contributed by atoms with Crippen molar-refractivity contribution < 1.29 is 23.9 Å². The van der Waals surface area contributed by atoms with Gasteiger partial charge in [-0.15, -0.1) is 0 Å². The van der Waals surface area contributed by atoms with Crippen molar-refractivity contribution in [3.8, 4) is 11.5 Å². The first-order valence-electron chi connectivity index (χ1n) is 10.1. The molecule has 156 valence electrons. The Hall–Kier alpha value is -2.77. The summed E-state index contributed by atoms with van der Waals surface area (Å²) in [5, 5.41) is 2.75. The SMILES string of the molecule is C[C@@H]1C[C@H](C)CN(C(=O)CN2C(=O)N[C@](C)(c3ccc4c(c3)OCCO4)C2=O)C1. The molecule has 1 aromatic carbocycles. The van der Waals surface area contributed by atoms with Gasteiger partial charge in [-0.3, -0.25) is 14.5 Å². The summed E-state index contributed by atoms with van der Waals surface area (Å²) in [5.74, 6) is 1.34. The Labute approximate surface area is 170 Å². The Bertz CT molecular complexity index is 847. The molecule has 0 aliphatic carbocycles. The third-order valence-corrected chi connectivity index (χ3v) is 5.91. The lowest BCUT2D eigenvalue weighted by atomic mass is 9.91. The molecular weight excluding hydrogens is 374 g/mol. The number of likely N-dealkylation sites (tertiary alicyclic amines) is 1. The highest BCUT2D eigenvalue weighted by Gasteiger charge is 2.50. The van der Waals surface area contributed by atoms with Crippen LogP contribution in [0.1, 0.15) is 32.8 Å². The van der Waals surface area contributed by atoms with Crippen LogP contribution in [0.3, 0.4) is 0 Å². The summed E-state index contributed by atoms with van der Waals surface area (Å²) >= 11 is 0. The average molecular weight is 401 g/mol. The number of carbonyl (C=O) groups is 3.